The Morgan fingerprint density at radius 3 is 2.79 bits per heavy atom. The molecular weight excluding hydrogens is 350 g/mol. The number of sulfonamides is 1. The van der Waals surface area contributed by atoms with Crippen LogP contribution in [0, 0.1) is 6.92 Å². The summed E-state index contributed by atoms with van der Waals surface area (Å²) in [4.78, 5) is 0. The maximum absolute atomic E-state index is 12.1. The molecule has 0 radical (unpaired) electrons. The molecule has 0 aliphatic heterocycles. The van der Waals surface area contributed by atoms with Crippen LogP contribution in [-0.2, 0) is 23.5 Å². The maximum Gasteiger partial charge on any atom is 0.250 e. The van der Waals surface area contributed by atoms with Crippen molar-refractivity contribution in [3.05, 3.63) is 33.4 Å². The number of halogens is 1. The Labute approximate surface area is 124 Å². The van der Waals surface area contributed by atoms with Crippen LogP contribution in [0.25, 0.3) is 0 Å². The van der Waals surface area contributed by atoms with E-state index in [2.05, 4.69) is 25.8 Å². The van der Waals surface area contributed by atoms with Crippen molar-refractivity contribution in [3.8, 4) is 0 Å². The number of hydrogen-bond acceptors (Lipinski definition) is 4. The van der Waals surface area contributed by atoms with Gasteiger partial charge in [0.25, 0.3) is 0 Å². The molecule has 5 nitrogen and oxygen atoms in total. The van der Waals surface area contributed by atoms with Gasteiger partial charge in [0.05, 0.1) is 9.98 Å². The van der Waals surface area contributed by atoms with Crippen molar-refractivity contribution in [2.24, 2.45) is 7.05 Å². The Kier molecular flexibility index (Phi) is 4.44. The maximum atomic E-state index is 12.1. The molecular formula is C11H14BrN3O2S2. The molecule has 0 aromatic carbocycles. The molecule has 0 saturated carbocycles. The average Bonchev–Trinajstić information content (AvgIpc) is 2.87. The summed E-state index contributed by atoms with van der Waals surface area (Å²) < 4.78 is 29.6. The van der Waals surface area contributed by atoms with Gasteiger partial charge < -0.3 is 0 Å². The Morgan fingerprint density at radius 2 is 2.26 bits per heavy atom. The number of nitrogens with one attached hydrogen (secondary N) is 1. The first-order valence-corrected chi connectivity index (χ1v) is 8.71. The van der Waals surface area contributed by atoms with Crippen LogP contribution in [0.2, 0.25) is 0 Å². The molecule has 0 spiro atoms. The standard InChI is InChI=1S/C11H14BrN3O2S2/c1-8-5-10(18-11(8)12)19(16,17)14-4-3-9-6-13-15(2)7-9/h5-7,14H,3-4H2,1-2H3. The largest absolute Gasteiger partial charge is 0.276 e. The molecule has 2 aromatic rings. The smallest absolute Gasteiger partial charge is 0.250 e. The zero-order valence-corrected chi connectivity index (χ0v) is 13.8. The molecule has 2 rings (SSSR count). The van der Waals surface area contributed by atoms with Crippen molar-refractivity contribution in [2.45, 2.75) is 17.6 Å². The summed E-state index contributed by atoms with van der Waals surface area (Å²) in [5.74, 6) is 0. The molecule has 0 aliphatic carbocycles. The van der Waals surface area contributed by atoms with Gasteiger partial charge in [-0.05, 0) is 46.5 Å². The molecule has 0 aliphatic rings. The fourth-order valence-electron chi connectivity index (χ4n) is 1.57. The molecule has 0 unspecified atom stereocenters. The van der Waals surface area contributed by atoms with E-state index in [-0.39, 0.29) is 0 Å². The van der Waals surface area contributed by atoms with Gasteiger partial charge in [0.1, 0.15) is 4.21 Å². The Balaban J connectivity index is 1.98. The van der Waals surface area contributed by atoms with Gasteiger partial charge in [-0.3, -0.25) is 4.68 Å². The summed E-state index contributed by atoms with van der Waals surface area (Å²) in [6.07, 6.45) is 4.24. The molecule has 2 aromatic heterocycles. The van der Waals surface area contributed by atoms with Crippen LogP contribution in [0.15, 0.2) is 26.5 Å². The van der Waals surface area contributed by atoms with Crippen LogP contribution < -0.4 is 4.72 Å². The van der Waals surface area contributed by atoms with E-state index in [0.29, 0.717) is 17.2 Å². The van der Waals surface area contributed by atoms with E-state index >= 15 is 0 Å². The Morgan fingerprint density at radius 1 is 1.53 bits per heavy atom. The summed E-state index contributed by atoms with van der Waals surface area (Å²) in [6.45, 7) is 2.23. The third kappa shape index (κ3) is 3.65. The fraction of sp³-hybridized carbons (Fsp3) is 0.364. The first-order valence-electron chi connectivity index (χ1n) is 5.61. The van der Waals surface area contributed by atoms with Gasteiger partial charge in [0, 0.05) is 19.8 Å². The zero-order valence-electron chi connectivity index (χ0n) is 10.6. The van der Waals surface area contributed by atoms with Gasteiger partial charge in [-0.15, -0.1) is 11.3 Å². The van der Waals surface area contributed by atoms with E-state index < -0.39 is 10.0 Å². The quantitative estimate of drug-likeness (QED) is 0.884. The van der Waals surface area contributed by atoms with Crippen molar-refractivity contribution in [3.63, 3.8) is 0 Å². The summed E-state index contributed by atoms with van der Waals surface area (Å²) in [5, 5.41) is 4.04. The number of thiophene rings is 1. The highest BCUT2D eigenvalue weighted by Gasteiger charge is 2.17. The van der Waals surface area contributed by atoms with E-state index in [0.717, 1.165) is 14.9 Å². The third-order valence-corrected chi connectivity index (χ3v) is 6.63. The first-order chi connectivity index (χ1) is 8.88. The molecule has 2 heterocycles. The minimum atomic E-state index is -3.41. The van der Waals surface area contributed by atoms with Crippen molar-refractivity contribution in [1.29, 1.82) is 0 Å². The molecule has 0 atom stereocenters. The van der Waals surface area contributed by atoms with Gasteiger partial charge >= 0.3 is 0 Å². The normalized spacial score (nSPS) is 11.9. The zero-order chi connectivity index (χ0) is 14.0. The van der Waals surface area contributed by atoms with Gasteiger partial charge in [-0.2, -0.15) is 5.10 Å². The number of aryl methyl sites for hydroxylation is 2. The van der Waals surface area contributed by atoms with Crippen molar-refractivity contribution < 1.29 is 8.42 Å². The van der Waals surface area contributed by atoms with Crippen LogP contribution in [0.5, 0.6) is 0 Å². The summed E-state index contributed by atoms with van der Waals surface area (Å²) in [6, 6.07) is 1.67. The Hall–Kier alpha value is -0.700. The lowest BCUT2D eigenvalue weighted by Gasteiger charge is -2.03. The average molecular weight is 364 g/mol. The molecule has 8 heteroatoms. The first kappa shape index (κ1) is 14.7. The molecule has 0 amide bonds. The SMILES string of the molecule is Cc1cc(S(=O)(=O)NCCc2cnn(C)c2)sc1Br. The number of hydrogen-bond donors (Lipinski definition) is 1. The fourth-order valence-corrected chi connectivity index (χ4v) is 4.87. The van der Waals surface area contributed by atoms with Gasteiger partial charge in [0.15, 0.2) is 0 Å². The summed E-state index contributed by atoms with van der Waals surface area (Å²) >= 11 is 4.55. The van der Waals surface area contributed by atoms with Crippen LogP contribution in [0.4, 0.5) is 0 Å². The molecule has 1 N–H and O–H groups in total. The number of nitrogens with zero attached hydrogens (tertiary/aromatic N) is 2. The van der Waals surface area contributed by atoms with Gasteiger partial charge in [-0.25, -0.2) is 13.1 Å². The number of aromatic nitrogens is 2. The third-order valence-electron chi connectivity index (χ3n) is 2.56. The second-order valence-corrected chi connectivity index (χ2v) is 8.56. The second-order valence-electron chi connectivity index (χ2n) is 4.19. The van der Waals surface area contributed by atoms with Crippen LogP contribution in [0.3, 0.4) is 0 Å². The molecule has 104 valence electrons. The molecule has 0 saturated heterocycles. The van der Waals surface area contributed by atoms with E-state index in [1.807, 2.05) is 20.2 Å². The topological polar surface area (TPSA) is 64.0 Å². The van der Waals surface area contributed by atoms with Gasteiger partial charge in [-0.1, -0.05) is 0 Å². The molecule has 19 heavy (non-hydrogen) atoms. The lowest BCUT2D eigenvalue weighted by Crippen LogP contribution is -2.25. The van der Waals surface area contributed by atoms with Crippen molar-refractivity contribution in [2.75, 3.05) is 6.54 Å². The Bertz CT molecular complexity index is 656. The second kappa shape index (κ2) is 5.74. The minimum Gasteiger partial charge on any atom is -0.276 e. The lowest BCUT2D eigenvalue weighted by atomic mass is 10.3. The monoisotopic (exact) mass is 363 g/mol. The predicted octanol–water partition coefficient (Wildman–Crippen LogP) is 2.07. The van der Waals surface area contributed by atoms with E-state index in [9.17, 15) is 8.42 Å². The lowest BCUT2D eigenvalue weighted by molar-refractivity contribution is 0.583. The number of rotatable bonds is 5. The van der Waals surface area contributed by atoms with Gasteiger partial charge in [0.2, 0.25) is 10.0 Å². The van der Waals surface area contributed by atoms with Crippen LogP contribution in [0.1, 0.15) is 11.1 Å². The minimum absolute atomic E-state index is 0.336. The van der Waals surface area contributed by atoms with Crippen LogP contribution >= 0.6 is 27.3 Å². The highest BCUT2D eigenvalue weighted by atomic mass is 79.9. The van der Waals surface area contributed by atoms with Crippen LogP contribution in [-0.4, -0.2) is 24.7 Å². The molecule has 0 fully saturated rings. The van der Waals surface area contributed by atoms with Crippen molar-refractivity contribution in [1.82, 2.24) is 14.5 Å². The predicted molar refractivity (Wildman–Crippen MR) is 78.9 cm³/mol. The highest BCUT2D eigenvalue weighted by Crippen LogP contribution is 2.30. The van der Waals surface area contributed by atoms with E-state index in [4.69, 9.17) is 0 Å². The summed E-state index contributed by atoms with van der Waals surface area (Å²) in [7, 11) is -1.58. The molecule has 0 bridgehead atoms. The van der Waals surface area contributed by atoms with E-state index in [1.54, 1.807) is 16.9 Å². The van der Waals surface area contributed by atoms with Crippen molar-refractivity contribution >= 4 is 37.3 Å². The highest BCUT2D eigenvalue weighted by molar-refractivity contribution is 9.11. The van der Waals surface area contributed by atoms with E-state index in [1.165, 1.54) is 11.3 Å². The summed E-state index contributed by atoms with van der Waals surface area (Å²) in [5.41, 5.74) is 1.94.